The van der Waals surface area contributed by atoms with E-state index in [4.69, 9.17) is 0 Å². The Bertz CT molecular complexity index is 84.7. The molecule has 2 fully saturated rings. The van der Waals surface area contributed by atoms with E-state index in [1.165, 1.54) is 12.8 Å². The Morgan fingerprint density at radius 1 is 1.38 bits per heavy atom. The second-order valence-electron chi connectivity index (χ2n) is 2.84. The minimum absolute atomic E-state index is 0.0185. The van der Waals surface area contributed by atoms with Gasteiger partial charge in [0, 0.05) is 12.6 Å². The van der Waals surface area contributed by atoms with Gasteiger partial charge in [-0.25, -0.2) is 0 Å². The standard InChI is InChI=1S/C6H11NO/c8-6-4-1-2-5(6)7-3-4/h4-8H,1-3H2/t4?,5?,6-/m1/s1. The fourth-order valence-corrected chi connectivity index (χ4v) is 1.81. The number of aliphatic hydroxyl groups is 1. The van der Waals surface area contributed by atoms with Gasteiger partial charge in [0.15, 0.2) is 0 Å². The first kappa shape index (κ1) is 4.77. The highest BCUT2D eigenvalue weighted by molar-refractivity contribution is 4.96. The molecule has 2 nitrogen and oxygen atoms in total. The first-order valence-electron chi connectivity index (χ1n) is 3.29. The van der Waals surface area contributed by atoms with Crippen LogP contribution < -0.4 is 5.32 Å². The third-order valence-electron chi connectivity index (χ3n) is 2.39. The van der Waals surface area contributed by atoms with Crippen LogP contribution in [0, 0.1) is 5.92 Å². The number of nitrogens with one attached hydrogen (secondary N) is 1. The number of fused-ring (bicyclic) bond motifs is 2. The Morgan fingerprint density at radius 3 is 2.38 bits per heavy atom. The first-order chi connectivity index (χ1) is 3.88. The predicted molar refractivity (Wildman–Crippen MR) is 30.5 cm³/mol. The zero-order valence-corrected chi connectivity index (χ0v) is 4.80. The highest BCUT2D eigenvalue weighted by Crippen LogP contribution is 2.30. The summed E-state index contributed by atoms with van der Waals surface area (Å²) in [5.41, 5.74) is 0. The lowest BCUT2D eigenvalue weighted by Gasteiger charge is -2.07. The van der Waals surface area contributed by atoms with Gasteiger partial charge in [-0.1, -0.05) is 0 Å². The van der Waals surface area contributed by atoms with Gasteiger partial charge in [0.2, 0.25) is 0 Å². The molecule has 0 amide bonds. The summed E-state index contributed by atoms with van der Waals surface area (Å²) in [6.07, 6.45) is 2.40. The minimum atomic E-state index is -0.0185. The Balaban J connectivity index is 2.16. The molecule has 0 aromatic heterocycles. The van der Waals surface area contributed by atoms with Gasteiger partial charge >= 0.3 is 0 Å². The average molecular weight is 113 g/mol. The van der Waals surface area contributed by atoms with Crippen LogP contribution in [0.5, 0.6) is 0 Å². The van der Waals surface area contributed by atoms with Crippen molar-refractivity contribution in [3.8, 4) is 0 Å². The maximum Gasteiger partial charge on any atom is 0.0733 e. The van der Waals surface area contributed by atoms with Crippen molar-refractivity contribution in [2.75, 3.05) is 6.54 Å². The molecule has 2 unspecified atom stereocenters. The highest BCUT2D eigenvalue weighted by Gasteiger charge is 2.39. The van der Waals surface area contributed by atoms with E-state index in [2.05, 4.69) is 5.32 Å². The average Bonchev–Trinajstić information content (AvgIpc) is 2.29. The summed E-state index contributed by atoms with van der Waals surface area (Å²) in [7, 11) is 0. The summed E-state index contributed by atoms with van der Waals surface area (Å²) < 4.78 is 0. The fourth-order valence-electron chi connectivity index (χ4n) is 1.81. The lowest BCUT2D eigenvalue weighted by molar-refractivity contribution is 0.150. The van der Waals surface area contributed by atoms with E-state index < -0.39 is 0 Å². The third kappa shape index (κ3) is 0.446. The maximum atomic E-state index is 9.27. The van der Waals surface area contributed by atoms with Crippen LogP contribution in [0.15, 0.2) is 0 Å². The van der Waals surface area contributed by atoms with E-state index in [1.54, 1.807) is 0 Å². The molecular weight excluding hydrogens is 102 g/mol. The van der Waals surface area contributed by atoms with Gasteiger partial charge in [-0.3, -0.25) is 0 Å². The second-order valence-corrected chi connectivity index (χ2v) is 2.84. The molecule has 0 radical (unpaired) electrons. The van der Waals surface area contributed by atoms with Gasteiger partial charge in [0.25, 0.3) is 0 Å². The first-order valence-corrected chi connectivity index (χ1v) is 3.29. The maximum absolute atomic E-state index is 9.27. The van der Waals surface area contributed by atoms with E-state index >= 15 is 0 Å². The van der Waals surface area contributed by atoms with Crippen LogP contribution in [-0.4, -0.2) is 23.8 Å². The highest BCUT2D eigenvalue weighted by atomic mass is 16.3. The molecule has 8 heavy (non-hydrogen) atoms. The summed E-state index contributed by atoms with van der Waals surface area (Å²) in [6, 6.07) is 0.444. The topological polar surface area (TPSA) is 32.3 Å². The van der Waals surface area contributed by atoms with Crippen LogP contribution in [0.3, 0.4) is 0 Å². The molecule has 3 atom stereocenters. The molecule has 0 spiro atoms. The molecule has 2 N–H and O–H groups in total. The fraction of sp³-hybridized carbons (Fsp3) is 1.00. The normalized spacial score (nSPS) is 52.9. The number of piperidine rings is 1. The largest absolute Gasteiger partial charge is 0.391 e. The molecule has 1 heterocycles. The zero-order valence-electron chi connectivity index (χ0n) is 4.80. The smallest absolute Gasteiger partial charge is 0.0733 e. The summed E-state index contributed by atoms with van der Waals surface area (Å²) >= 11 is 0. The van der Waals surface area contributed by atoms with E-state index in [9.17, 15) is 5.11 Å². The van der Waals surface area contributed by atoms with Gasteiger partial charge < -0.3 is 10.4 Å². The van der Waals surface area contributed by atoms with Gasteiger partial charge in [-0.05, 0) is 18.8 Å². The van der Waals surface area contributed by atoms with Gasteiger partial charge in [0.05, 0.1) is 6.10 Å². The van der Waals surface area contributed by atoms with Crippen LogP contribution in [-0.2, 0) is 0 Å². The van der Waals surface area contributed by atoms with Crippen molar-refractivity contribution in [2.45, 2.75) is 25.0 Å². The Labute approximate surface area is 48.9 Å². The lowest BCUT2D eigenvalue weighted by atomic mass is 10.1. The van der Waals surface area contributed by atoms with Crippen molar-refractivity contribution >= 4 is 0 Å². The molecular formula is C6H11NO. The van der Waals surface area contributed by atoms with E-state index in [0.29, 0.717) is 12.0 Å². The van der Waals surface area contributed by atoms with Crippen LogP contribution in [0.2, 0.25) is 0 Å². The Kier molecular flexibility index (Phi) is 0.866. The van der Waals surface area contributed by atoms with Crippen molar-refractivity contribution in [1.29, 1.82) is 0 Å². The number of hydrogen-bond acceptors (Lipinski definition) is 2. The third-order valence-corrected chi connectivity index (χ3v) is 2.39. The predicted octanol–water partition coefficient (Wildman–Crippen LogP) is -0.271. The second kappa shape index (κ2) is 1.45. The van der Waals surface area contributed by atoms with Crippen LogP contribution in [0.1, 0.15) is 12.8 Å². The van der Waals surface area contributed by atoms with Crippen molar-refractivity contribution in [2.24, 2.45) is 5.92 Å². The number of aliphatic hydroxyl groups excluding tert-OH is 1. The van der Waals surface area contributed by atoms with E-state index in [0.717, 1.165) is 6.54 Å². The molecule has 1 saturated heterocycles. The molecule has 0 aromatic rings. The quantitative estimate of drug-likeness (QED) is 0.453. The van der Waals surface area contributed by atoms with Crippen molar-refractivity contribution in [1.82, 2.24) is 5.32 Å². The molecule has 2 aliphatic rings. The number of rotatable bonds is 0. The Morgan fingerprint density at radius 2 is 2.25 bits per heavy atom. The summed E-state index contributed by atoms with van der Waals surface area (Å²) in [4.78, 5) is 0. The number of hydrogen-bond donors (Lipinski definition) is 2. The monoisotopic (exact) mass is 113 g/mol. The molecule has 1 aliphatic carbocycles. The van der Waals surface area contributed by atoms with Crippen molar-refractivity contribution in [3.63, 3.8) is 0 Å². The van der Waals surface area contributed by atoms with Crippen LogP contribution in [0.4, 0.5) is 0 Å². The molecule has 1 aliphatic heterocycles. The van der Waals surface area contributed by atoms with Gasteiger partial charge in [0.1, 0.15) is 0 Å². The zero-order chi connectivity index (χ0) is 5.56. The van der Waals surface area contributed by atoms with Crippen LogP contribution in [0.25, 0.3) is 0 Å². The molecule has 2 bridgehead atoms. The minimum Gasteiger partial charge on any atom is -0.391 e. The van der Waals surface area contributed by atoms with Crippen molar-refractivity contribution < 1.29 is 5.11 Å². The van der Waals surface area contributed by atoms with E-state index in [-0.39, 0.29) is 6.10 Å². The molecule has 0 aromatic carbocycles. The summed E-state index contributed by atoms with van der Waals surface area (Å²) in [5, 5.41) is 12.5. The lowest BCUT2D eigenvalue weighted by Crippen LogP contribution is -2.27. The van der Waals surface area contributed by atoms with Crippen LogP contribution >= 0.6 is 0 Å². The summed E-state index contributed by atoms with van der Waals surface area (Å²) in [5.74, 6) is 0.583. The van der Waals surface area contributed by atoms with Gasteiger partial charge in [-0.2, -0.15) is 0 Å². The van der Waals surface area contributed by atoms with E-state index in [1.807, 2.05) is 0 Å². The van der Waals surface area contributed by atoms with Gasteiger partial charge in [-0.15, -0.1) is 0 Å². The molecule has 2 rings (SSSR count). The van der Waals surface area contributed by atoms with Crippen molar-refractivity contribution in [3.05, 3.63) is 0 Å². The SMILES string of the molecule is O[C@@H]1C2CCC1NC2. The summed E-state index contributed by atoms with van der Waals surface area (Å²) in [6.45, 7) is 1.05. The molecule has 1 saturated carbocycles. The molecule has 2 heteroatoms. The molecule has 46 valence electrons. The Hall–Kier alpha value is -0.0800.